The Balaban J connectivity index is 3.91. The van der Waals surface area contributed by atoms with Gasteiger partial charge in [0.1, 0.15) is 0 Å². The maximum Gasteiger partial charge on any atom is 0.0867 e. The van der Waals surface area contributed by atoms with Crippen LogP contribution in [0.4, 0.5) is 0 Å². The molecule has 0 amide bonds. The Morgan fingerprint density at radius 3 is 2.46 bits per heavy atom. The molecule has 0 saturated carbocycles. The molecule has 0 heterocycles. The van der Waals surface area contributed by atoms with Gasteiger partial charge >= 0.3 is 0 Å². The van der Waals surface area contributed by atoms with E-state index in [9.17, 15) is 5.11 Å². The van der Waals surface area contributed by atoms with Crippen molar-refractivity contribution < 1.29 is 5.11 Å². The maximum atomic E-state index is 9.74. The Morgan fingerprint density at radius 1 is 1.54 bits per heavy atom. The summed E-state index contributed by atoms with van der Waals surface area (Å²) in [5.74, 6) is 0. The molecule has 0 fully saturated rings. The zero-order chi connectivity index (χ0) is 10.5. The molecule has 0 aliphatic rings. The molecule has 13 heavy (non-hydrogen) atoms. The van der Waals surface area contributed by atoms with Crippen LogP contribution in [0.2, 0.25) is 0 Å². The van der Waals surface area contributed by atoms with Crippen LogP contribution >= 0.6 is 0 Å². The van der Waals surface area contributed by atoms with Crippen LogP contribution in [0.15, 0.2) is 0 Å². The van der Waals surface area contributed by atoms with E-state index in [0.29, 0.717) is 19.1 Å². The molecule has 0 aromatic heterocycles. The smallest absolute Gasteiger partial charge is 0.0867 e. The van der Waals surface area contributed by atoms with Crippen molar-refractivity contribution >= 4 is 0 Å². The number of hydrogen-bond donors (Lipinski definition) is 2. The van der Waals surface area contributed by atoms with E-state index >= 15 is 0 Å². The molecule has 0 spiro atoms. The number of aliphatic hydroxyl groups is 1. The first-order valence-corrected chi connectivity index (χ1v) is 5.05. The molecule has 0 radical (unpaired) electrons. The van der Waals surface area contributed by atoms with Crippen LogP contribution in [0.1, 0.15) is 33.6 Å². The van der Waals surface area contributed by atoms with Gasteiger partial charge in [0.05, 0.1) is 5.60 Å². The Morgan fingerprint density at radius 2 is 2.08 bits per heavy atom. The van der Waals surface area contributed by atoms with Crippen LogP contribution in [-0.4, -0.2) is 41.8 Å². The number of nitrogens with two attached hydrogens (primary N) is 1. The van der Waals surface area contributed by atoms with Gasteiger partial charge in [-0.25, -0.2) is 0 Å². The third kappa shape index (κ3) is 5.24. The van der Waals surface area contributed by atoms with Crippen molar-refractivity contribution in [3.05, 3.63) is 0 Å². The van der Waals surface area contributed by atoms with Crippen molar-refractivity contribution in [3.8, 4) is 0 Å². The summed E-state index contributed by atoms with van der Waals surface area (Å²) in [6, 6.07) is 0.517. The van der Waals surface area contributed by atoms with Crippen LogP contribution in [-0.2, 0) is 0 Å². The van der Waals surface area contributed by atoms with E-state index in [-0.39, 0.29) is 0 Å². The van der Waals surface area contributed by atoms with E-state index in [0.717, 1.165) is 6.42 Å². The van der Waals surface area contributed by atoms with Crippen molar-refractivity contribution in [2.24, 2.45) is 5.73 Å². The number of nitrogens with zero attached hydrogens (tertiary/aromatic N) is 1. The lowest BCUT2D eigenvalue weighted by Gasteiger charge is -2.31. The van der Waals surface area contributed by atoms with Crippen molar-refractivity contribution in [3.63, 3.8) is 0 Å². The highest BCUT2D eigenvalue weighted by atomic mass is 16.3. The van der Waals surface area contributed by atoms with Crippen LogP contribution in [0, 0.1) is 0 Å². The Kier molecular flexibility index (Phi) is 5.53. The summed E-state index contributed by atoms with van der Waals surface area (Å²) in [4.78, 5) is 2.16. The first kappa shape index (κ1) is 12.9. The largest absolute Gasteiger partial charge is 0.388 e. The normalized spacial score (nSPS) is 18.7. The summed E-state index contributed by atoms with van der Waals surface area (Å²) in [5.41, 5.74) is 4.70. The first-order valence-electron chi connectivity index (χ1n) is 5.05. The zero-order valence-corrected chi connectivity index (χ0v) is 9.38. The van der Waals surface area contributed by atoms with Gasteiger partial charge in [-0.3, -0.25) is 0 Å². The summed E-state index contributed by atoms with van der Waals surface area (Å²) in [6.45, 7) is 7.09. The highest BCUT2D eigenvalue weighted by Gasteiger charge is 2.22. The fourth-order valence-electron chi connectivity index (χ4n) is 1.40. The minimum absolute atomic E-state index is 0.316. The van der Waals surface area contributed by atoms with E-state index in [1.807, 2.05) is 7.05 Å². The predicted octanol–water partition coefficient (Wildman–Crippen LogP) is 0.817. The second-order valence-corrected chi connectivity index (χ2v) is 4.25. The summed E-state index contributed by atoms with van der Waals surface area (Å²) < 4.78 is 0. The van der Waals surface area contributed by atoms with Gasteiger partial charge in [0.2, 0.25) is 0 Å². The van der Waals surface area contributed by atoms with Crippen molar-refractivity contribution in [2.75, 3.05) is 20.1 Å². The van der Waals surface area contributed by atoms with Gasteiger partial charge in [-0.15, -0.1) is 0 Å². The fourth-order valence-corrected chi connectivity index (χ4v) is 1.40. The summed E-state index contributed by atoms with van der Waals surface area (Å²) >= 11 is 0. The molecule has 0 aliphatic heterocycles. The molecule has 0 aliphatic carbocycles. The third-order valence-electron chi connectivity index (χ3n) is 2.49. The highest BCUT2D eigenvalue weighted by Crippen LogP contribution is 2.09. The number of hydrogen-bond acceptors (Lipinski definition) is 3. The molecule has 80 valence electrons. The van der Waals surface area contributed by atoms with Crippen LogP contribution < -0.4 is 5.73 Å². The molecule has 2 atom stereocenters. The molecule has 2 unspecified atom stereocenters. The van der Waals surface area contributed by atoms with Crippen LogP contribution in [0.3, 0.4) is 0 Å². The number of rotatable bonds is 6. The zero-order valence-electron chi connectivity index (χ0n) is 9.38. The van der Waals surface area contributed by atoms with Crippen molar-refractivity contribution in [1.29, 1.82) is 0 Å². The Bertz CT molecular complexity index is 137. The predicted molar refractivity (Wildman–Crippen MR) is 56.7 cm³/mol. The third-order valence-corrected chi connectivity index (χ3v) is 2.49. The molecular formula is C10H24N2O. The van der Waals surface area contributed by atoms with Gasteiger partial charge < -0.3 is 15.7 Å². The van der Waals surface area contributed by atoms with E-state index < -0.39 is 5.60 Å². The van der Waals surface area contributed by atoms with Gasteiger partial charge in [0.15, 0.2) is 0 Å². The molecule has 3 nitrogen and oxygen atoms in total. The second-order valence-electron chi connectivity index (χ2n) is 4.25. The molecular weight excluding hydrogens is 164 g/mol. The van der Waals surface area contributed by atoms with Crippen molar-refractivity contribution in [2.45, 2.75) is 45.3 Å². The minimum Gasteiger partial charge on any atom is -0.388 e. The molecule has 0 aromatic rings. The van der Waals surface area contributed by atoms with Gasteiger partial charge in [-0.05, 0) is 27.3 Å². The molecule has 0 saturated heterocycles. The second kappa shape index (κ2) is 5.58. The number of likely N-dealkylation sites (N-methyl/N-ethyl adjacent to an activating group) is 1. The lowest BCUT2D eigenvalue weighted by molar-refractivity contribution is 0.0238. The first-order chi connectivity index (χ1) is 5.93. The summed E-state index contributed by atoms with van der Waals surface area (Å²) in [5, 5.41) is 9.74. The average molecular weight is 188 g/mol. The Labute approximate surface area is 81.9 Å². The lowest BCUT2D eigenvalue weighted by atomic mass is 10.1. The molecule has 0 bridgehead atoms. The monoisotopic (exact) mass is 188 g/mol. The van der Waals surface area contributed by atoms with Gasteiger partial charge in [0.25, 0.3) is 0 Å². The summed E-state index contributed by atoms with van der Waals surface area (Å²) in [6.07, 6.45) is 2.34. The lowest BCUT2D eigenvalue weighted by Crippen LogP contribution is -2.47. The molecule has 0 aromatic carbocycles. The van der Waals surface area contributed by atoms with E-state index in [1.165, 1.54) is 6.42 Å². The highest BCUT2D eigenvalue weighted by molar-refractivity contribution is 4.79. The molecule has 0 rings (SSSR count). The van der Waals surface area contributed by atoms with Crippen molar-refractivity contribution in [1.82, 2.24) is 4.90 Å². The van der Waals surface area contributed by atoms with Crippen LogP contribution in [0.5, 0.6) is 0 Å². The molecule has 3 heteroatoms. The minimum atomic E-state index is -0.753. The van der Waals surface area contributed by atoms with Gasteiger partial charge in [-0.2, -0.15) is 0 Å². The quantitative estimate of drug-likeness (QED) is 0.649. The van der Waals surface area contributed by atoms with E-state index in [1.54, 1.807) is 6.92 Å². The summed E-state index contributed by atoms with van der Waals surface area (Å²) in [7, 11) is 2.03. The standard InChI is InChI=1S/C10H24N2O/c1-5-6-9(2)12(4)8-10(3,13)7-11/h9,13H,5-8,11H2,1-4H3. The van der Waals surface area contributed by atoms with Gasteiger partial charge in [0, 0.05) is 19.1 Å². The SMILES string of the molecule is CCCC(C)N(C)CC(C)(O)CN. The van der Waals surface area contributed by atoms with Crippen LogP contribution in [0.25, 0.3) is 0 Å². The fraction of sp³-hybridized carbons (Fsp3) is 1.00. The van der Waals surface area contributed by atoms with Gasteiger partial charge in [-0.1, -0.05) is 13.3 Å². The Hall–Kier alpha value is -0.120. The average Bonchev–Trinajstić information content (AvgIpc) is 2.04. The topological polar surface area (TPSA) is 49.5 Å². The van der Waals surface area contributed by atoms with E-state index in [4.69, 9.17) is 5.73 Å². The molecule has 3 N–H and O–H groups in total. The maximum absolute atomic E-state index is 9.74. The van der Waals surface area contributed by atoms with E-state index in [2.05, 4.69) is 18.7 Å².